The zero-order valence-electron chi connectivity index (χ0n) is 15.5. The van der Waals surface area contributed by atoms with Gasteiger partial charge in [0.2, 0.25) is 11.9 Å². The average molecular weight is 381 g/mol. The van der Waals surface area contributed by atoms with Crippen molar-refractivity contribution in [2.75, 3.05) is 17.7 Å². The van der Waals surface area contributed by atoms with Crippen LogP contribution in [0.4, 0.5) is 16.3 Å². The molecule has 2 N–H and O–H groups in total. The molecule has 8 heteroatoms. The summed E-state index contributed by atoms with van der Waals surface area (Å²) in [6.45, 7) is 1.41. The Labute approximate surface area is 161 Å². The number of aromatic nitrogens is 3. The van der Waals surface area contributed by atoms with E-state index in [0.717, 1.165) is 16.9 Å². The van der Waals surface area contributed by atoms with Gasteiger partial charge in [-0.1, -0.05) is 24.3 Å². The number of carbonyl (C=O) groups excluding carboxylic acids is 1. The fraction of sp³-hybridized carbons (Fsp3) is 0.250. The number of ether oxygens (including phenoxy) is 1. The van der Waals surface area contributed by atoms with E-state index in [1.807, 2.05) is 24.3 Å². The molecule has 28 heavy (non-hydrogen) atoms. The number of hydrogen-bond acceptors (Lipinski definition) is 5. The Hall–Kier alpha value is -3.42. The van der Waals surface area contributed by atoms with Gasteiger partial charge in [0.25, 0.3) is 5.95 Å². The molecule has 0 spiro atoms. The summed E-state index contributed by atoms with van der Waals surface area (Å²) in [6, 6.07) is 14.0. The first-order chi connectivity index (χ1) is 13.5. The molecule has 0 bridgehead atoms. The second-order valence-electron chi connectivity index (χ2n) is 6.66. The van der Waals surface area contributed by atoms with Crippen molar-refractivity contribution in [1.29, 1.82) is 0 Å². The minimum Gasteiger partial charge on any atom is -0.497 e. The molecular formula is C20H20FN5O2. The van der Waals surface area contributed by atoms with E-state index in [1.54, 1.807) is 23.9 Å². The number of benzene rings is 2. The van der Waals surface area contributed by atoms with E-state index in [-0.39, 0.29) is 29.8 Å². The van der Waals surface area contributed by atoms with Crippen LogP contribution in [0.5, 0.6) is 5.75 Å². The monoisotopic (exact) mass is 381 g/mol. The lowest BCUT2D eigenvalue weighted by Crippen LogP contribution is -2.28. The lowest BCUT2D eigenvalue weighted by atomic mass is 9.93. The quantitative estimate of drug-likeness (QED) is 0.723. The number of hydrogen-bond donors (Lipinski definition) is 2. The van der Waals surface area contributed by atoms with Crippen LogP contribution in [-0.2, 0) is 4.79 Å². The van der Waals surface area contributed by atoms with E-state index in [9.17, 15) is 9.18 Å². The lowest BCUT2D eigenvalue weighted by molar-refractivity contribution is -0.114. The zero-order chi connectivity index (χ0) is 19.7. The smallest absolute Gasteiger partial charge is 0.250 e. The highest BCUT2D eigenvalue weighted by atomic mass is 19.1. The number of carbonyl (C=O) groups is 1. The second-order valence-corrected chi connectivity index (χ2v) is 6.66. The van der Waals surface area contributed by atoms with Gasteiger partial charge in [0.05, 0.1) is 19.2 Å². The van der Waals surface area contributed by atoms with Crippen LogP contribution >= 0.6 is 0 Å². The van der Waals surface area contributed by atoms with Gasteiger partial charge in [0.15, 0.2) is 0 Å². The van der Waals surface area contributed by atoms with Crippen molar-refractivity contribution in [3.8, 4) is 5.75 Å². The predicted octanol–water partition coefficient (Wildman–Crippen LogP) is 3.53. The molecule has 1 aromatic heterocycles. The van der Waals surface area contributed by atoms with E-state index in [2.05, 4.69) is 20.7 Å². The SMILES string of the molecule is COc1ccc([C@@H]2C[C@H](c3ccc(F)cc3)n3nc(NC(C)=O)nc3N2)cc1. The molecule has 0 saturated heterocycles. The van der Waals surface area contributed by atoms with Crippen LogP contribution in [0.2, 0.25) is 0 Å². The molecule has 3 aromatic rings. The van der Waals surface area contributed by atoms with Gasteiger partial charge in [-0.3, -0.25) is 10.1 Å². The molecular weight excluding hydrogens is 361 g/mol. The molecule has 7 nitrogen and oxygen atoms in total. The molecule has 1 amide bonds. The van der Waals surface area contributed by atoms with Gasteiger partial charge in [-0.05, 0) is 41.8 Å². The molecule has 0 saturated carbocycles. The summed E-state index contributed by atoms with van der Waals surface area (Å²) in [7, 11) is 1.63. The molecule has 2 heterocycles. The van der Waals surface area contributed by atoms with Crippen LogP contribution < -0.4 is 15.4 Å². The fourth-order valence-electron chi connectivity index (χ4n) is 3.41. The molecule has 1 aliphatic heterocycles. The minimum atomic E-state index is -0.290. The summed E-state index contributed by atoms with van der Waals surface area (Å²) in [5.74, 6) is 1.03. The van der Waals surface area contributed by atoms with E-state index in [4.69, 9.17) is 4.74 Å². The van der Waals surface area contributed by atoms with Crippen molar-refractivity contribution >= 4 is 17.8 Å². The first-order valence-electron chi connectivity index (χ1n) is 8.93. The zero-order valence-corrected chi connectivity index (χ0v) is 15.5. The Bertz CT molecular complexity index is 985. The first kappa shape index (κ1) is 18.0. The maximum Gasteiger partial charge on any atom is 0.250 e. The summed E-state index contributed by atoms with van der Waals surface area (Å²) in [6.07, 6.45) is 0.688. The van der Waals surface area contributed by atoms with Gasteiger partial charge < -0.3 is 10.1 Å². The Morgan fingerprint density at radius 3 is 2.50 bits per heavy atom. The van der Waals surface area contributed by atoms with Crippen LogP contribution in [0.3, 0.4) is 0 Å². The Morgan fingerprint density at radius 2 is 1.86 bits per heavy atom. The number of rotatable bonds is 4. The summed E-state index contributed by atoms with van der Waals surface area (Å²) in [5, 5.41) is 10.4. The van der Waals surface area contributed by atoms with Crippen molar-refractivity contribution in [2.45, 2.75) is 25.4 Å². The summed E-state index contributed by atoms with van der Waals surface area (Å²) < 4.78 is 20.4. The Morgan fingerprint density at radius 1 is 1.18 bits per heavy atom. The molecule has 0 aliphatic carbocycles. The number of anilines is 2. The van der Waals surface area contributed by atoms with E-state index < -0.39 is 0 Å². The third-order valence-corrected chi connectivity index (χ3v) is 4.75. The van der Waals surface area contributed by atoms with E-state index in [0.29, 0.717) is 12.4 Å². The number of nitrogens with zero attached hydrogens (tertiary/aromatic N) is 3. The van der Waals surface area contributed by atoms with Gasteiger partial charge in [0.1, 0.15) is 11.6 Å². The van der Waals surface area contributed by atoms with Crippen molar-refractivity contribution in [1.82, 2.24) is 14.8 Å². The normalized spacial score (nSPS) is 18.1. The number of methoxy groups -OCH3 is 1. The maximum absolute atomic E-state index is 13.4. The highest BCUT2D eigenvalue weighted by Crippen LogP contribution is 2.38. The third-order valence-electron chi connectivity index (χ3n) is 4.75. The van der Waals surface area contributed by atoms with Crippen LogP contribution in [0.15, 0.2) is 48.5 Å². The fourth-order valence-corrected chi connectivity index (χ4v) is 3.41. The topological polar surface area (TPSA) is 81.1 Å². The second kappa shape index (κ2) is 7.30. The highest BCUT2D eigenvalue weighted by Gasteiger charge is 2.31. The van der Waals surface area contributed by atoms with Crippen molar-refractivity contribution < 1.29 is 13.9 Å². The standard InChI is InChI=1S/C20H20FN5O2/c1-12(27)22-19-24-20-23-17(13-5-9-16(28-2)10-6-13)11-18(26(20)25-19)14-3-7-15(21)8-4-14/h3-10,17-18H,11H2,1-2H3,(H2,22,23,24,25,27)/t17-,18+/m0/s1. The van der Waals surface area contributed by atoms with Gasteiger partial charge in [-0.2, -0.15) is 4.98 Å². The third kappa shape index (κ3) is 3.53. The van der Waals surface area contributed by atoms with Crippen LogP contribution in [0.1, 0.15) is 36.6 Å². The van der Waals surface area contributed by atoms with Gasteiger partial charge in [-0.15, -0.1) is 5.10 Å². The van der Waals surface area contributed by atoms with Crippen molar-refractivity contribution in [3.05, 3.63) is 65.5 Å². The molecule has 0 radical (unpaired) electrons. The predicted molar refractivity (Wildman–Crippen MR) is 103 cm³/mol. The lowest BCUT2D eigenvalue weighted by Gasteiger charge is -2.31. The molecule has 0 fully saturated rings. The number of nitrogens with one attached hydrogen (secondary N) is 2. The van der Waals surface area contributed by atoms with E-state index >= 15 is 0 Å². The maximum atomic E-state index is 13.4. The minimum absolute atomic E-state index is 0.0252. The highest BCUT2D eigenvalue weighted by molar-refractivity contribution is 5.86. The average Bonchev–Trinajstić information content (AvgIpc) is 3.09. The molecule has 2 atom stereocenters. The van der Waals surface area contributed by atoms with Gasteiger partial charge >= 0.3 is 0 Å². The number of halogens is 1. The Kier molecular flexibility index (Phi) is 4.68. The largest absolute Gasteiger partial charge is 0.497 e. The molecule has 4 rings (SSSR count). The summed E-state index contributed by atoms with van der Waals surface area (Å²) in [5.41, 5.74) is 1.99. The number of amides is 1. The molecule has 1 aliphatic rings. The molecule has 0 unspecified atom stereocenters. The summed E-state index contributed by atoms with van der Waals surface area (Å²) in [4.78, 5) is 15.8. The van der Waals surface area contributed by atoms with Gasteiger partial charge in [-0.25, -0.2) is 9.07 Å². The van der Waals surface area contributed by atoms with Gasteiger partial charge in [0, 0.05) is 6.92 Å². The molecule has 144 valence electrons. The Balaban J connectivity index is 1.72. The van der Waals surface area contributed by atoms with Crippen LogP contribution in [0.25, 0.3) is 0 Å². The van der Waals surface area contributed by atoms with Crippen LogP contribution in [-0.4, -0.2) is 27.8 Å². The molecule has 2 aromatic carbocycles. The van der Waals surface area contributed by atoms with Crippen molar-refractivity contribution in [2.24, 2.45) is 0 Å². The summed E-state index contributed by atoms with van der Waals surface area (Å²) >= 11 is 0. The first-order valence-corrected chi connectivity index (χ1v) is 8.93. The van der Waals surface area contributed by atoms with E-state index in [1.165, 1.54) is 19.1 Å². The van der Waals surface area contributed by atoms with Crippen LogP contribution in [0, 0.1) is 5.82 Å². The number of fused-ring (bicyclic) bond motifs is 1. The van der Waals surface area contributed by atoms with Crippen molar-refractivity contribution in [3.63, 3.8) is 0 Å².